The van der Waals surface area contributed by atoms with Gasteiger partial charge in [0.15, 0.2) is 0 Å². The van der Waals surface area contributed by atoms with E-state index in [0.717, 1.165) is 12.1 Å². The Labute approximate surface area is 136 Å². The molecule has 0 aliphatic rings. The van der Waals surface area contributed by atoms with Crippen LogP contribution in [0.25, 0.3) is 22.0 Å². The Morgan fingerprint density at radius 1 is 1.21 bits per heavy atom. The number of aliphatic hydroxyl groups is 1. The van der Waals surface area contributed by atoms with Crippen molar-refractivity contribution >= 4 is 10.9 Å². The van der Waals surface area contributed by atoms with E-state index in [1.165, 1.54) is 19.4 Å². The Morgan fingerprint density at radius 3 is 2.50 bits per heavy atom. The van der Waals surface area contributed by atoms with Crippen LogP contribution in [-0.4, -0.2) is 21.8 Å². The molecule has 0 amide bonds. The number of benzene rings is 1. The lowest BCUT2D eigenvalue weighted by Crippen LogP contribution is -2.04. The van der Waals surface area contributed by atoms with Gasteiger partial charge in [0.2, 0.25) is 5.88 Å². The molecule has 1 aromatic carbocycles. The highest BCUT2D eigenvalue weighted by atomic mass is 19.4. The monoisotopic (exact) mass is 336 g/mol. The fourth-order valence-corrected chi connectivity index (χ4v) is 2.83. The van der Waals surface area contributed by atoms with Crippen LogP contribution in [0.1, 0.15) is 11.3 Å². The number of aliphatic hydroxyl groups excluding tert-OH is 1. The largest absolute Gasteiger partial charge is 0.481 e. The topological polar surface area (TPSA) is 47.3 Å². The molecule has 3 aromatic rings. The second kappa shape index (κ2) is 5.83. The highest BCUT2D eigenvalue weighted by Gasteiger charge is 2.31. The molecule has 0 saturated heterocycles. The summed E-state index contributed by atoms with van der Waals surface area (Å²) in [5.41, 5.74) is 1.56. The van der Waals surface area contributed by atoms with Crippen LogP contribution in [0.5, 0.6) is 5.88 Å². The van der Waals surface area contributed by atoms with Crippen LogP contribution < -0.4 is 4.74 Å². The Bertz CT molecular complexity index is 883. The number of ether oxygens (including phenoxy) is 1. The molecule has 0 spiro atoms. The van der Waals surface area contributed by atoms with Gasteiger partial charge in [-0.05, 0) is 24.3 Å². The molecule has 24 heavy (non-hydrogen) atoms. The van der Waals surface area contributed by atoms with E-state index < -0.39 is 11.7 Å². The summed E-state index contributed by atoms with van der Waals surface area (Å²) < 4.78 is 45.9. The molecular weight excluding hydrogens is 321 g/mol. The van der Waals surface area contributed by atoms with Crippen LogP contribution in [0.2, 0.25) is 0 Å². The minimum Gasteiger partial charge on any atom is -0.481 e. The van der Waals surface area contributed by atoms with Gasteiger partial charge in [0.1, 0.15) is 0 Å². The molecule has 0 bridgehead atoms. The number of methoxy groups -OCH3 is 1. The van der Waals surface area contributed by atoms with Crippen LogP contribution in [0, 0.1) is 0 Å². The summed E-state index contributed by atoms with van der Waals surface area (Å²) in [6.45, 7) is -0.298. The van der Waals surface area contributed by atoms with Crippen LogP contribution >= 0.6 is 0 Å². The number of nitrogens with zero attached hydrogens (tertiary/aromatic N) is 2. The Balaban J connectivity index is 2.30. The Kier molecular flexibility index (Phi) is 3.96. The summed E-state index contributed by atoms with van der Waals surface area (Å²) >= 11 is 0. The first-order chi connectivity index (χ1) is 11.4. The minimum absolute atomic E-state index is 0.298. The molecule has 7 heteroatoms. The molecule has 3 rings (SSSR count). The van der Waals surface area contributed by atoms with E-state index in [9.17, 15) is 18.3 Å². The molecule has 0 atom stereocenters. The van der Waals surface area contributed by atoms with E-state index in [1.807, 2.05) is 0 Å². The molecule has 2 heterocycles. The maximum atomic E-state index is 13.1. The van der Waals surface area contributed by atoms with E-state index in [4.69, 9.17) is 4.74 Å². The lowest BCUT2D eigenvalue weighted by Gasteiger charge is -2.08. The molecule has 0 saturated carbocycles. The summed E-state index contributed by atoms with van der Waals surface area (Å²) in [5.74, 6) is 0.403. The molecule has 4 nitrogen and oxygen atoms in total. The SMILES string of the molecule is COc1ccc(-c2c(CO)n(C)c3ccc(C(F)(F)F)cc23)cn1. The fraction of sp³-hybridized carbons (Fsp3) is 0.235. The number of halogens is 3. The molecular formula is C17H15F3N2O2. The summed E-state index contributed by atoms with van der Waals surface area (Å²) in [7, 11) is 3.19. The fourth-order valence-electron chi connectivity index (χ4n) is 2.83. The third kappa shape index (κ3) is 2.60. The number of rotatable bonds is 3. The highest BCUT2D eigenvalue weighted by molar-refractivity contribution is 5.98. The van der Waals surface area contributed by atoms with Crippen LogP contribution in [0.4, 0.5) is 13.2 Å². The van der Waals surface area contributed by atoms with Gasteiger partial charge in [-0.3, -0.25) is 0 Å². The van der Waals surface area contributed by atoms with E-state index in [1.54, 1.807) is 23.7 Å². The summed E-state index contributed by atoms with van der Waals surface area (Å²) in [6.07, 6.45) is -2.91. The van der Waals surface area contributed by atoms with Gasteiger partial charge >= 0.3 is 6.18 Å². The first-order valence-electron chi connectivity index (χ1n) is 7.16. The molecule has 126 valence electrons. The third-order valence-corrected chi connectivity index (χ3v) is 4.03. The first kappa shape index (κ1) is 16.3. The van der Waals surface area contributed by atoms with E-state index in [-0.39, 0.29) is 6.61 Å². The van der Waals surface area contributed by atoms with Gasteiger partial charge < -0.3 is 14.4 Å². The van der Waals surface area contributed by atoms with Crippen LogP contribution in [0.3, 0.4) is 0 Å². The van der Waals surface area contributed by atoms with Crippen LogP contribution in [0.15, 0.2) is 36.5 Å². The molecule has 0 unspecified atom stereocenters. The Morgan fingerprint density at radius 2 is 1.96 bits per heavy atom. The van der Waals surface area contributed by atoms with Gasteiger partial charge in [0.25, 0.3) is 0 Å². The molecule has 1 N–H and O–H groups in total. The second-order valence-electron chi connectivity index (χ2n) is 5.36. The molecule has 2 aromatic heterocycles. The maximum absolute atomic E-state index is 13.1. The van der Waals surface area contributed by atoms with Crippen molar-refractivity contribution in [3.63, 3.8) is 0 Å². The van der Waals surface area contributed by atoms with Gasteiger partial charge in [0.05, 0.1) is 25.0 Å². The second-order valence-corrected chi connectivity index (χ2v) is 5.36. The zero-order valence-corrected chi connectivity index (χ0v) is 13.1. The van der Waals surface area contributed by atoms with Gasteiger partial charge in [-0.1, -0.05) is 0 Å². The van der Waals surface area contributed by atoms with Gasteiger partial charge in [-0.2, -0.15) is 13.2 Å². The zero-order chi connectivity index (χ0) is 17.5. The average Bonchev–Trinajstić information content (AvgIpc) is 2.86. The van der Waals surface area contributed by atoms with Crippen molar-refractivity contribution in [1.29, 1.82) is 0 Å². The normalized spacial score (nSPS) is 11.9. The van der Waals surface area contributed by atoms with Gasteiger partial charge in [-0.25, -0.2) is 4.98 Å². The van der Waals surface area contributed by atoms with Crippen molar-refractivity contribution in [3.8, 4) is 17.0 Å². The number of aryl methyl sites for hydroxylation is 1. The number of aromatic nitrogens is 2. The van der Waals surface area contributed by atoms with Crippen molar-refractivity contribution in [1.82, 2.24) is 9.55 Å². The summed E-state index contributed by atoms with van der Waals surface area (Å²) in [6, 6.07) is 6.90. The number of alkyl halides is 3. The first-order valence-corrected chi connectivity index (χ1v) is 7.16. The van der Waals surface area contributed by atoms with E-state index >= 15 is 0 Å². The van der Waals surface area contributed by atoms with Crippen molar-refractivity contribution in [2.24, 2.45) is 7.05 Å². The van der Waals surface area contributed by atoms with Crippen molar-refractivity contribution in [3.05, 3.63) is 47.8 Å². The molecule has 0 radical (unpaired) electrons. The number of pyridine rings is 1. The van der Waals surface area contributed by atoms with Gasteiger partial charge in [0, 0.05) is 41.3 Å². The lowest BCUT2D eigenvalue weighted by atomic mass is 10.0. The van der Waals surface area contributed by atoms with Crippen molar-refractivity contribution < 1.29 is 23.0 Å². The minimum atomic E-state index is -4.43. The van der Waals surface area contributed by atoms with Crippen molar-refractivity contribution in [2.75, 3.05) is 7.11 Å². The third-order valence-electron chi connectivity index (χ3n) is 4.03. The lowest BCUT2D eigenvalue weighted by molar-refractivity contribution is -0.137. The summed E-state index contributed by atoms with van der Waals surface area (Å²) in [4.78, 5) is 4.10. The Hall–Kier alpha value is -2.54. The molecule has 0 aliphatic heterocycles. The predicted octanol–water partition coefficient (Wildman–Crippen LogP) is 3.76. The zero-order valence-electron chi connectivity index (χ0n) is 13.1. The van der Waals surface area contributed by atoms with Crippen molar-refractivity contribution in [2.45, 2.75) is 12.8 Å². The maximum Gasteiger partial charge on any atom is 0.416 e. The summed E-state index contributed by atoms with van der Waals surface area (Å²) in [5, 5.41) is 10.1. The smallest absolute Gasteiger partial charge is 0.416 e. The molecule has 0 fully saturated rings. The number of hydrogen-bond donors (Lipinski definition) is 1. The van der Waals surface area contributed by atoms with Gasteiger partial charge in [-0.15, -0.1) is 0 Å². The highest BCUT2D eigenvalue weighted by Crippen LogP contribution is 2.38. The number of hydrogen-bond acceptors (Lipinski definition) is 3. The number of fused-ring (bicyclic) bond motifs is 1. The molecule has 0 aliphatic carbocycles. The quantitative estimate of drug-likeness (QED) is 0.792. The van der Waals surface area contributed by atoms with E-state index in [2.05, 4.69) is 4.98 Å². The van der Waals surface area contributed by atoms with E-state index in [0.29, 0.717) is 33.6 Å². The average molecular weight is 336 g/mol. The van der Waals surface area contributed by atoms with Crippen LogP contribution in [-0.2, 0) is 19.8 Å². The standard InChI is InChI=1S/C17H15F3N2O2/c1-22-13-5-4-11(17(18,19)20)7-12(13)16(14(22)9-23)10-3-6-15(24-2)21-8-10/h3-8,23H,9H2,1-2H3. The predicted molar refractivity (Wildman–Crippen MR) is 83.6 cm³/mol.